The monoisotopic (exact) mass is 373 g/mol. The molecule has 1 unspecified atom stereocenters. The van der Waals surface area contributed by atoms with E-state index in [-0.39, 0.29) is 23.4 Å². The number of benzene rings is 1. The maximum atomic E-state index is 12.6. The predicted octanol–water partition coefficient (Wildman–Crippen LogP) is 4.31. The first kappa shape index (κ1) is 19.7. The highest BCUT2D eigenvalue weighted by atomic mass is 16.6. The van der Waals surface area contributed by atoms with Gasteiger partial charge in [-0.25, -0.2) is 4.79 Å². The summed E-state index contributed by atoms with van der Waals surface area (Å²) in [5.74, 6) is -0.330. The SMILES string of the molecule is CCOC(=O)C1CC2(CCN(C(=O)OC(C)(C)C)CC2)c2ccc(C)cc21. The van der Waals surface area contributed by atoms with Gasteiger partial charge in [0.2, 0.25) is 0 Å². The molecule has 5 nitrogen and oxygen atoms in total. The van der Waals surface area contributed by atoms with E-state index in [0.717, 1.165) is 30.4 Å². The molecule has 148 valence electrons. The number of nitrogens with zero attached hydrogens (tertiary/aromatic N) is 1. The van der Waals surface area contributed by atoms with Crippen LogP contribution >= 0.6 is 0 Å². The summed E-state index contributed by atoms with van der Waals surface area (Å²) in [6.45, 7) is 11.3. The van der Waals surface area contributed by atoms with Gasteiger partial charge in [-0.3, -0.25) is 4.79 Å². The molecule has 3 rings (SSSR count). The van der Waals surface area contributed by atoms with Gasteiger partial charge in [-0.15, -0.1) is 0 Å². The second kappa shape index (κ2) is 7.17. The molecule has 0 aromatic heterocycles. The summed E-state index contributed by atoms with van der Waals surface area (Å²) >= 11 is 0. The number of fused-ring (bicyclic) bond motifs is 2. The summed E-state index contributed by atoms with van der Waals surface area (Å²) in [4.78, 5) is 26.8. The van der Waals surface area contributed by atoms with Crippen LogP contribution in [0.4, 0.5) is 4.79 Å². The molecule has 1 aliphatic carbocycles. The molecule has 1 heterocycles. The molecule has 1 spiro atoms. The van der Waals surface area contributed by atoms with E-state index in [4.69, 9.17) is 9.47 Å². The van der Waals surface area contributed by atoms with Crippen molar-refractivity contribution in [3.8, 4) is 0 Å². The molecule has 0 bridgehead atoms. The number of piperidine rings is 1. The molecule has 0 radical (unpaired) electrons. The first-order valence-corrected chi connectivity index (χ1v) is 9.91. The van der Waals surface area contributed by atoms with Crippen LogP contribution in [-0.2, 0) is 19.7 Å². The summed E-state index contributed by atoms with van der Waals surface area (Å²) in [6.07, 6.45) is 2.21. The molecule has 0 N–H and O–H groups in total. The normalized spacial score (nSPS) is 21.1. The zero-order chi connectivity index (χ0) is 19.8. The molecule has 27 heavy (non-hydrogen) atoms. The first-order valence-electron chi connectivity index (χ1n) is 9.91. The average molecular weight is 373 g/mol. The number of esters is 1. The van der Waals surface area contributed by atoms with Crippen LogP contribution in [0, 0.1) is 6.92 Å². The molecule has 1 fully saturated rings. The third-order valence-corrected chi connectivity index (χ3v) is 5.69. The number of hydrogen-bond acceptors (Lipinski definition) is 4. The molecule has 5 heteroatoms. The minimum absolute atomic E-state index is 0.0566. The predicted molar refractivity (Wildman–Crippen MR) is 104 cm³/mol. The molecule has 1 aliphatic heterocycles. The Bertz CT molecular complexity index is 726. The second-order valence-electron chi connectivity index (χ2n) is 8.85. The Balaban J connectivity index is 1.80. The number of likely N-dealkylation sites (tertiary alicyclic amines) is 1. The minimum atomic E-state index is -0.487. The smallest absolute Gasteiger partial charge is 0.410 e. The molecule has 2 aliphatic rings. The zero-order valence-electron chi connectivity index (χ0n) is 17.1. The van der Waals surface area contributed by atoms with Crippen LogP contribution in [0.3, 0.4) is 0 Å². The van der Waals surface area contributed by atoms with E-state index >= 15 is 0 Å². The highest BCUT2D eigenvalue weighted by Gasteiger charge is 2.48. The molecule has 1 aromatic carbocycles. The molecule has 1 amide bonds. The number of rotatable bonds is 2. The van der Waals surface area contributed by atoms with Crippen molar-refractivity contribution in [2.24, 2.45) is 0 Å². The van der Waals surface area contributed by atoms with E-state index in [1.165, 1.54) is 5.56 Å². The maximum Gasteiger partial charge on any atom is 0.410 e. The highest BCUT2D eigenvalue weighted by molar-refractivity contribution is 5.81. The van der Waals surface area contributed by atoms with E-state index < -0.39 is 5.60 Å². The van der Waals surface area contributed by atoms with Gasteiger partial charge in [0.05, 0.1) is 12.5 Å². The van der Waals surface area contributed by atoms with Crippen molar-refractivity contribution in [1.29, 1.82) is 0 Å². The van der Waals surface area contributed by atoms with Gasteiger partial charge in [-0.1, -0.05) is 23.8 Å². The number of amides is 1. The molecule has 1 atom stereocenters. The molecular weight excluding hydrogens is 342 g/mol. The van der Waals surface area contributed by atoms with Crippen LogP contribution in [0.1, 0.15) is 69.6 Å². The van der Waals surface area contributed by atoms with Gasteiger partial charge in [0, 0.05) is 18.5 Å². The van der Waals surface area contributed by atoms with Gasteiger partial charge in [0.15, 0.2) is 0 Å². The van der Waals surface area contributed by atoms with Crippen LogP contribution < -0.4 is 0 Å². The Morgan fingerprint density at radius 2 is 1.89 bits per heavy atom. The molecule has 1 aromatic rings. The summed E-state index contributed by atoms with van der Waals surface area (Å²) in [6, 6.07) is 6.42. The van der Waals surface area contributed by atoms with Crippen LogP contribution in [0.5, 0.6) is 0 Å². The van der Waals surface area contributed by atoms with Crippen LogP contribution in [0.15, 0.2) is 18.2 Å². The maximum absolute atomic E-state index is 12.6. The van der Waals surface area contributed by atoms with E-state index in [9.17, 15) is 9.59 Å². The molecule has 0 saturated carbocycles. The van der Waals surface area contributed by atoms with Gasteiger partial charge in [-0.05, 0) is 65.0 Å². The van der Waals surface area contributed by atoms with Gasteiger partial charge in [-0.2, -0.15) is 0 Å². The lowest BCUT2D eigenvalue weighted by Gasteiger charge is -2.40. The molecular formula is C22H31NO4. The summed E-state index contributed by atoms with van der Waals surface area (Å²) in [7, 11) is 0. The van der Waals surface area contributed by atoms with Crippen LogP contribution in [0.25, 0.3) is 0 Å². The van der Waals surface area contributed by atoms with E-state index in [1.54, 1.807) is 4.90 Å². The van der Waals surface area contributed by atoms with Gasteiger partial charge in [0.1, 0.15) is 5.60 Å². The topological polar surface area (TPSA) is 55.8 Å². The number of ether oxygens (including phenoxy) is 2. The van der Waals surface area contributed by atoms with E-state index in [2.05, 4.69) is 25.1 Å². The lowest BCUT2D eigenvalue weighted by Crippen LogP contribution is -2.46. The van der Waals surface area contributed by atoms with Crippen LogP contribution in [-0.4, -0.2) is 42.3 Å². The number of carbonyl (C=O) groups is 2. The standard InChI is InChI=1S/C22H31NO4/c1-6-26-19(24)17-14-22(18-8-7-15(2)13-16(17)18)9-11-23(12-10-22)20(25)27-21(3,4)5/h7-8,13,17H,6,9-12,14H2,1-5H3. The zero-order valence-corrected chi connectivity index (χ0v) is 17.1. The average Bonchev–Trinajstić information content (AvgIpc) is 2.88. The van der Waals surface area contributed by atoms with Gasteiger partial charge in [0.25, 0.3) is 0 Å². The van der Waals surface area contributed by atoms with Crippen molar-refractivity contribution in [2.45, 2.75) is 70.8 Å². The lowest BCUT2D eigenvalue weighted by atomic mass is 9.73. The van der Waals surface area contributed by atoms with Crippen molar-refractivity contribution < 1.29 is 19.1 Å². The lowest BCUT2D eigenvalue weighted by molar-refractivity contribution is -0.145. The van der Waals surface area contributed by atoms with Crippen molar-refractivity contribution in [1.82, 2.24) is 4.90 Å². The van der Waals surface area contributed by atoms with Crippen molar-refractivity contribution in [3.05, 3.63) is 34.9 Å². The summed E-state index contributed by atoms with van der Waals surface area (Å²) in [5, 5.41) is 0. The third kappa shape index (κ3) is 3.97. The Kier molecular flexibility index (Phi) is 5.24. The second-order valence-corrected chi connectivity index (χ2v) is 8.85. The Labute approximate surface area is 162 Å². The largest absolute Gasteiger partial charge is 0.466 e. The Hall–Kier alpha value is -2.04. The number of aryl methyl sites for hydroxylation is 1. The fraction of sp³-hybridized carbons (Fsp3) is 0.636. The van der Waals surface area contributed by atoms with Gasteiger partial charge < -0.3 is 14.4 Å². The Morgan fingerprint density at radius 1 is 1.22 bits per heavy atom. The van der Waals surface area contributed by atoms with Crippen molar-refractivity contribution in [3.63, 3.8) is 0 Å². The minimum Gasteiger partial charge on any atom is -0.466 e. The fourth-order valence-electron chi connectivity index (χ4n) is 4.43. The number of carbonyl (C=O) groups excluding carboxylic acids is 2. The van der Waals surface area contributed by atoms with Crippen molar-refractivity contribution >= 4 is 12.1 Å². The fourth-order valence-corrected chi connectivity index (χ4v) is 4.43. The summed E-state index contributed by atoms with van der Waals surface area (Å²) in [5.41, 5.74) is 2.98. The summed E-state index contributed by atoms with van der Waals surface area (Å²) < 4.78 is 10.9. The Morgan fingerprint density at radius 3 is 2.48 bits per heavy atom. The third-order valence-electron chi connectivity index (χ3n) is 5.69. The quantitative estimate of drug-likeness (QED) is 0.725. The van der Waals surface area contributed by atoms with Crippen LogP contribution in [0.2, 0.25) is 0 Å². The number of hydrogen-bond donors (Lipinski definition) is 0. The highest BCUT2D eigenvalue weighted by Crippen LogP contribution is 2.52. The first-order chi connectivity index (χ1) is 12.6. The molecule has 1 saturated heterocycles. The van der Waals surface area contributed by atoms with E-state index in [1.807, 2.05) is 27.7 Å². The van der Waals surface area contributed by atoms with Gasteiger partial charge >= 0.3 is 12.1 Å². The van der Waals surface area contributed by atoms with E-state index in [0.29, 0.717) is 19.7 Å². The van der Waals surface area contributed by atoms with Crippen molar-refractivity contribution in [2.75, 3.05) is 19.7 Å².